The average Bonchev–Trinajstić information content (AvgIpc) is 2.77. The molecule has 3 aromatic rings. The number of phenolic OH excluding ortho intramolecular Hbond substituents is 3. The normalized spacial score (nSPS) is 17.6. The van der Waals surface area contributed by atoms with Crippen LogP contribution in [0.3, 0.4) is 0 Å². The molecule has 0 aromatic heterocycles. The first kappa shape index (κ1) is 21.3. The molecule has 0 amide bonds. The lowest BCUT2D eigenvalue weighted by atomic mass is 9.91. The van der Waals surface area contributed by atoms with Gasteiger partial charge in [0.1, 0.15) is 34.3 Å². The number of benzene rings is 3. The van der Waals surface area contributed by atoms with Crippen molar-refractivity contribution in [2.75, 3.05) is 7.11 Å². The number of aliphatic hydroxyl groups is 1. The summed E-state index contributed by atoms with van der Waals surface area (Å²) in [4.78, 5) is 13.0. The molecule has 32 heavy (non-hydrogen) atoms. The molecule has 0 fully saturated rings. The molecule has 0 bridgehead atoms. The highest BCUT2D eigenvalue weighted by atomic mass is 16.5. The molecule has 2 atom stereocenters. The molecule has 164 valence electrons. The van der Waals surface area contributed by atoms with Gasteiger partial charge in [0.15, 0.2) is 11.9 Å². The van der Waals surface area contributed by atoms with Gasteiger partial charge in [-0.2, -0.15) is 0 Å². The highest BCUT2D eigenvalue weighted by Gasteiger charge is 2.36. The Balaban J connectivity index is 1.78. The lowest BCUT2D eigenvalue weighted by molar-refractivity contribution is 0.0189. The standard InChI is InChI=1S/C25H22O7/c1-31-22-13-20(29)23(19(28)8-7-14-5-3-2-4-6-14)25-18(22)12-21(30)24(32-25)15-9-16(26)11-17(27)10-15/h2-11,13,21,24,26-27,29-30H,12H2,1H3/t21-,24+/m0/s1. The van der Waals surface area contributed by atoms with E-state index >= 15 is 0 Å². The van der Waals surface area contributed by atoms with Gasteiger partial charge in [0.25, 0.3) is 0 Å². The zero-order valence-corrected chi connectivity index (χ0v) is 17.2. The number of allylic oxidation sites excluding steroid dienone is 1. The highest BCUT2D eigenvalue weighted by molar-refractivity contribution is 6.11. The summed E-state index contributed by atoms with van der Waals surface area (Å²) in [5.74, 6) is -0.842. The lowest BCUT2D eigenvalue weighted by Gasteiger charge is -2.33. The van der Waals surface area contributed by atoms with Crippen molar-refractivity contribution in [3.05, 3.63) is 82.9 Å². The van der Waals surface area contributed by atoms with E-state index in [9.17, 15) is 25.2 Å². The molecule has 0 saturated carbocycles. The number of carbonyl (C=O) groups is 1. The van der Waals surface area contributed by atoms with Crippen molar-refractivity contribution >= 4 is 11.9 Å². The summed E-state index contributed by atoms with van der Waals surface area (Å²) in [5, 5.41) is 41.0. The van der Waals surface area contributed by atoms with Crippen molar-refractivity contribution in [2.24, 2.45) is 0 Å². The van der Waals surface area contributed by atoms with E-state index in [1.807, 2.05) is 30.3 Å². The van der Waals surface area contributed by atoms with Gasteiger partial charge in [0, 0.05) is 29.7 Å². The van der Waals surface area contributed by atoms with Crippen LogP contribution in [-0.2, 0) is 6.42 Å². The Bertz CT molecular complexity index is 1160. The number of hydrogen-bond acceptors (Lipinski definition) is 7. The fourth-order valence-corrected chi connectivity index (χ4v) is 3.82. The molecule has 1 aliphatic heterocycles. The zero-order valence-electron chi connectivity index (χ0n) is 17.2. The summed E-state index contributed by atoms with van der Waals surface area (Å²) in [6.07, 6.45) is 0.992. The van der Waals surface area contributed by atoms with Crippen LogP contribution in [0.25, 0.3) is 6.08 Å². The number of methoxy groups -OCH3 is 1. The number of ketones is 1. The number of aliphatic hydroxyl groups excluding tert-OH is 1. The molecular formula is C25H22O7. The largest absolute Gasteiger partial charge is 0.508 e. The third kappa shape index (κ3) is 4.10. The Morgan fingerprint density at radius 3 is 2.41 bits per heavy atom. The maximum atomic E-state index is 13.0. The second-order valence-corrected chi connectivity index (χ2v) is 7.48. The number of ether oxygens (including phenoxy) is 2. The Kier molecular flexibility index (Phi) is 5.75. The quantitative estimate of drug-likeness (QED) is 0.357. The van der Waals surface area contributed by atoms with Crippen LogP contribution in [0.2, 0.25) is 0 Å². The minimum absolute atomic E-state index is 0.0609. The Morgan fingerprint density at radius 1 is 1.06 bits per heavy atom. The molecule has 1 aliphatic rings. The van der Waals surface area contributed by atoms with Crippen LogP contribution in [0.4, 0.5) is 0 Å². The maximum absolute atomic E-state index is 13.0. The van der Waals surface area contributed by atoms with Crippen molar-refractivity contribution in [3.8, 4) is 28.7 Å². The second kappa shape index (κ2) is 8.64. The van der Waals surface area contributed by atoms with E-state index in [1.54, 1.807) is 6.08 Å². The van der Waals surface area contributed by atoms with Crippen molar-refractivity contribution < 1.29 is 34.7 Å². The first-order chi connectivity index (χ1) is 15.4. The number of phenols is 3. The van der Waals surface area contributed by atoms with Crippen molar-refractivity contribution in [1.82, 2.24) is 0 Å². The third-order valence-corrected chi connectivity index (χ3v) is 5.28. The Hall–Kier alpha value is -3.97. The van der Waals surface area contributed by atoms with Crippen LogP contribution in [0.15, 0.2) is 60.7 Å². The van der Waals surface area contributed by atoms with E-state index in [-0.39, 0.29) is 40.7 Å². The number of rotatable bonds is 5. The van der Waals surface area contributed by atoms with Gasteiger partial charge in [-0.25, -0.2) is 0 Å². The van der Waals surface area contributed by atoms with E-state index in [4.69, 9.17) is 9.47 Å². The van der Waals surface area contributed by atoms with Crippen LogP contribution in [0.1, 0.15) is 33.2 Å². The molecule has 7 heteroatoms. The minimum atomic E-state index is -1.05. The summed E-state index contributed by atoms with van der Waals surface area (Å²) in [6, 6.07) is 14.4. The Morgan fingerprint density at radius 2 is 1.75 bits per heavy atom. The van der Waals surface area contributed by atoms with E-state index in [2.05, 4.69) is 0 Å². The van der Waals surface area contributed by atoms with E-state index in [1.165, 1.54) is 31.4 Å². The summed E-state index contributed by atoms with van der Waals surface area (Å²) in [5.41, 5.74) is 1.51. The summed E-state index contributed by atoms with van der Waals surface area (Å²) in [6.45, 7) is 0. The fraction of sp³-hybridized carbons (Fsp3) is 0.160. The van der Waals surface area contributed by atoms with Crippen molar-refractivity contribution in [1.29, 1.82) is 0 Å². The molecule has 1 heterocycles. The summed E-state index contributed by atoms with van der Waals surface area (Å²) in [7, 11) is 1.41. The van der Waals surface area contributed by atoms with Crippen molar-refractivity contribution in [3.63, 3.8) is 0 Å². The SMILES string of the molecule is COc1cc(O)c(C(=O)C=Cc2ccccc2)c2c1C[C@H](O)[C@@H](c1cc(O)cc(O)c1)O2. The zero-order chi connectivity index (χ0) is 22.8. The number of aromatic hydroxyl groups is 3. The first-order valence-corrected chi connectivity index (χ1v) is 9.95. The summed E-state index contributed by atoms with van der Waals surface area (Å²) >= 11 is 0. The lowest BCUT2D eigenvalue weighted by Crippen LogP contribution is -2.31. The van der Waals surface area contributed by atoms with Gasteiger partial charge in [0.05, 0.1) is 13.2 Å². The molecule has 0 aliphatic carbocycles. The van der Waals surface area contributed by atoms with Crippen LogP contribution >= 0.6 is 0 Å². The molecule has 0 radical (unpaired) electrons. The first-order valence-electron chi connectivity index (χ1n) is 9.95. The minimum Gasteiger partial charge on any atom is -0.508 e. The van der Waals surface area contributed by atoms with Gasteiger partial charge in [-0.15, -0.1) is 0 Å². The predicted molar refractivity (Wildman–Crippen MR) is 117 cm³/mol. The smallest absolute Gasteiger partial charge is 0.193 e. The molecule has 4 N–H and O–H groups in total. The van der Waals surface area contributed by atoms with Gasteiger partial charge in [-0.1, -0.05) is 36.4 Å². The molecule has 7 nitrogen and oxygen atoms in total. The molecular weight excluding hydrogens is 412 g/mol. The molecule has 0 spiro atoms. The fourth-order valence-electron chi connectivity index (χ4n) is 3.82. The van der Waals surface area contributed by atoms with E-state index < -0.39 is 18.0 Å². The highest BCUT2D eigenvalue weighted by Crippen LogP contribution is 2.46. The molecule has 4 rings (SSSR count). The number of hydrogen-bond donors (Lipinski definition) is 4. The number of fused-ring (bicyclic) bond motifs is 1. The monoisotopic (exact) mass is 434 g/mol. The Labute approximate surface area is 184 Å². The maximum Gasteiger partial charge on any atom is 0.193 e. The van der Waals surface area contributed by atoms with Gasteiger partial charge in [0.2, 0.25) is 0 Å². The van der Waals surface area contributed by atoms with Crippen LogP contribution in [0.5, 0.6) is 28.7 Å². The number of carbonyl (C=O) groups excluding carboxylic acids is 1. The third-order valence-electron chi connectivity index (χ3n) is 5.28. The molecule has 0 saturated heterocycles. The summed E-state index contributed by atoms with van der Waals surface area (Å²) < 4.78 is 11.3. The van der Waals surface area contributed by atoms with Gasteiger partial charge < -0.3 is 29.9 Å². The van der Waals surface area contributed by atoms with Gasteiger partial charge in [-0.05, 0) is 23.8 Å². The van der Waals surface area contributed by atoms with Gasteiger partial charge in [-0.3, -0.25) is 4.79 Å². The molecule has 0 unspecified atom stereocenters. The van der Waals surface area contributed by atoms with Crippen molar-refractivity contribution in [2.45, 2.75) is 18.6 Å². The predicted octanol–water partition coefficient (Wildman–Crippen LogP) is 3.75. The van der Waals surface area contributed by atoms with Crippen LogP contribution in [0, 0.1) is 0 Å². The van der Waals surface area contributed by atoms with E-state index in [0.29, 0.717) is 11.1 Å². The van der Waals surface area contributed by atoms with E-state index in [0.717, 1.165) is 11.6 Å². The topological polar surface area (TPSA) is 116 Å². The average molecular weight is 434 g/mol. The second-order valence-electron chi connectivity index (χ2n) is 7.48. The van der Waals surface area contributed by atoms with Gasteiger partial charge >= 0.3 is 0 Å². The van der Waals surface area contributed by atoms with Crippen LogP contribution in [-0.4, -0.2) is 39.4 Å². The molecule has 3 aromatic carbocycles. The van der Waals surface area contributed by atoms with Crippen LogP contribution < -0.4 is 9.47 Å².